The Hall–Kier alpha value is -5.82. The normalized spacial score (nSPS) is 13.3. The summed E-state index contributed by atoms with van der Waals surface area (Å²) < 4.78 is 0. The Morgan fingerprint density at radius 1 is 0.523 bits per heavy atom. The third-order valence-corrected chi connectivity index (χ3v) is 20.1. The van der Waals surface area contributed by atoms with Crippen molar-refractivity contribution >= 4 is 93.9 Å². The summed E-state index contributed by atoms with van der Waals surface area (Å²) in [6.45, 7) is 40.1. The van der Waals surface area contributed by atoms with Gasteiger partial charge < -0.3 is 5.11 Å². The number of carbonyl (C=O) groups excluding carboxylic acids is 1. The summed E-state index contributed by atoms with van der Waals surface area (Å²) in [5.74, 6) is 0.366. The molecule has 0 atom stereocenters. The van der Waals surface area contributed by atoms with Gasteiger partial charge in [-0.1, -0.05) is 223 Å². The maximum atomic E-state index is 11.9. The van der Waals surface area contributed by atoms with Crippen molar-refractivity contribution in [1.29, 1.82) is 0 Å². The predicted octanol–water partition coefficient (Wildman–Crippen LogP) is 23.9. The van der Waals surface area contributed by atoms with E-state index in [9.17, 15) is 9.90 Å². The van der Waals surface area contributed by atoms with Crippen LogP contribution in [0.1, 0.15) is 171 Å². The van der Waals surface area contributed by atoms with Crippen LogP contribution in [0.15, 0.2) is 147 Å². The number of hydrogen-bond donors (Lipinski definition) is 1. The van der Waals surface area contributed by atoms with Gasteiger partial charge >= 0.3 is 0 Å². The van der Waals surface area contributed by atoms with Crippen LogP contribution in [0.5, 0.6) is 0 Å². The van der Waals surface area contributed by atoms with Gasteiger partial charge in [-0.25, -0.2) is 0 Å². The Morgan fingerprint density at radius 2 is 0.955 bits per heavy atom. The van der Waals surface area contributed by atoms with Gasteiger partial charge in [0.05, 0.1) is 0 Å². The van der Waals surface area contributed by atoms with Crippen molar-refractivity contribution in [3.05, 3.63) is 167 Å². The maximum Gasteiger partial charge on any atom is 0.162 e. The van der Waals surface area contributed by atoms with Crippen molar-refractivity contribution in [2.75, 3.05) is 0 Å². The molecule has 88 heavy (non-hydrogen) atoms. The standard InChI is InChI=1S/C34H34NS.C33H32NS.C14H26O2.Ir/c1-20-8-10-25-22(14-20)16-27-31-30-26(12-13-35-31)24-11-9-21(18-33(2,3)4)15-23(24)17-29(30)36-32(27)28(25)19-34(5,6)7;1-32(2,3)18-20-11-12-24-22(15-20)17-28-29-25(24)13-14-34-30(29)26-16-21-9-7-8-10-23(21)27(31(26)35-28)19-33(4,5)6;1-6-11(7-2)12(15)10-13(16)14(5,8-3)9-4;/h8-15,17H,18-19H2,1-7H3;7-15,17H,18-19H2,1-6H3;10-11,16H,6-9H2,1-5H3;/q2*-1;;/b;;13-10-;. The molecule has 1 N–H and O–H groups in total. The zero-order valence-electron chi connectivity index (χ0n) is 55.7. The van der Waals surface area contributed by atoms with Gasteiger partial charge in [0.2, 0.25) is 0 Å². The fraction of sp³-hybridized carbons (Fsp3) is 0.395. The number of rotatable bonds is 11. The first-order valence-electron chi connectivity index (χ1n) is 31.9. The number of pyridine rings is 2. The smallest absolute Gasteiger partial charge is 0.162 e. The van der Waals surface area contributed by atoms with E-state index in [1.54, 1.807) is 0 Å². The summed E-state index contributed by atoms with van der Waals surface area (Å²) in [6.07, 6.45) is 13.0. The average Bonchev–Trinajstić information content (AvgIpc) is 0.773. The van der Waals surface area contributed by atoms with Gasteiger partial charge in [-0.2, -0.15) is 0 Å². The van der Waals surface area contributed by atoms with Gasteiger partial charge in [-0.05, 0) is 168 Å². The number of carbonyl (C=O) groups is 1. The van der Waals surface area contributed by atoms with Crippen molar-refractivity contribution < 1.29 is 30.0 Å². The molecule has 2 aromatic heterocycles. The minimum absolute atomic E-state index is 0. The molecule has 0 bridgehead atoms. The van der Waals surface area contributed by atoms with Crippen LogP contribution in [0.3, 0.4) is 0 Å². The Kier molecular flexibility index (Phi) is 19.5. The molecule has 0 saturated carbocycles. The van der Waals surface area contributed by atoms with Crippen LogP contribution < -0.4 is 0 Å². The van der Waals surface area contributed by atoms with E-state index in [1.165, 1.54) is 124 Å². The van der Waals surface area contributed by atoms with Crippen LogP contribution in [0.4, 0.5) is 0 Å². The minimum Gasteiger partial charge on any atom is -0.512 e. The van der Waals surface area contributed by atoms with Crippen molar-refractivity contribution in [2.45, 2.75) is 196 Å². The van der Waals surface area contributed by atoms with Gasteiger partial charge in [-0.15, -0.1) is 58.6 Å². The van der Waals surface area contributed by atoms with E-state index in [4.69, 9.17) is 9.97 Å². The Bertz CT molecular complexity index is 4330. The quantitative estimate of drug-likeness (QED) is 0.0603. The molecule has 0 spiro atoms. The number of ketones is 1. The molecule has 0 fully saturated rings. The molecular formula is C81H92IrN2O2S2-2. The fourth-order valence-electron chi connectivity index (χ4n) is 13.0. The molecule has 0 saturated heterocycles. The molecule has 8 aromatic carbocycles. The first-order chi connectivity index (χ1) is 41.0. The van der Waals surface area contributed by atoms with Crippen molar-refractivity contribution in [2.24, 2.45) is 33.0 Å². The zero-order valence-corrected chi connectivity index (χ0v) is 59.7. The molecule has 7 heteroatoms. The number of aromatic nitrogens is 2. The first kappa shape index (κ1) is 66.6. The summed E-state index contributed by atoms with van der Waals surface area (Å²) in [6, 6.07) is 46.4. The van der Waals surface area contributed by atoms with Crippen LogP contribution in [-0.4, -0.2) is 20.9 Å². The van der Waals surface area contributed by atoms with Crippen LogP contribution >= 0.6 is 23.5 Å². The number of nitrogens with zero attached hydrogens (tertiary/aromatic N) is 2. The molecule has 0 unspecified atom stereocenters. The van der Waals surface area contributed by atoms with E-state index in [2.05, 4.69) is 205 Å². The van der Waals surface area contributed by atoms with Crippen molar-refractivity contribution in [3.8, 4) is 22.5 Å². The number of aryl methyl sites for hydroxylation is 1. The number of aliphatic hydroxyl groups is 1. The van der Waals surface area contributed by atoms with Crippen LogP contribution in [-0.2, 0) is 50.6 Å². The molecular weight excluding hydrogens is 1290 g/mol. The molecule has 2 aliphatic heterocycles. The van der Waals surface area contributed by atoms with E-state index < -0.39 is 0 Å². The zero-order chi connectivity index (χ0) is 62.7. The van der Waals surface area contributed by atoms with Gasteiger partial charge in [0.15, 0.2) is 5.78 Å². The first-order valence-corrected chi connectivity index (χ1v) is 33.6. The predicted molar refractivity (Wildman–Crippen MR) is 376 cm³/mol. The van der Waals surface area contributed by atoms with Gasteiger partial charge in [0.1, 0.15) is 5.76 Å². The van der Waals surface area contributed by atoms with Gasteiger partial charge in [0.25, 0.3) is 0 Å². The third-order valence-electron chi connectivity index (χ3n) is 17.7. The summed E-state index contributed by atoms with van der Waals surface area (Å²) >= 11 is 3.84. The molecule has 4 nitrogen and oxygen atoms in total. The van der Waals surface area contributed by atoms with Gasteiger partial charge in [-0.3, -0.25) is 14.8 Å². The fourth-order valence-corrected chi connectivity index (χ4v) is 15.5. The molecule has 0 amide bonds. The summed E-state index contributed by atoms with van der Waals surface area (Å²) in [4.78, 5) is 27.1. The number of fused-ring (bicyclic) bond motifs is 10. The second-order valence-electron chi connectivity index (χ2n) is 30.1. The number of aliphatic hydroxyl groups excluding tert-OH is 1. The SMILES string of the molecule is CC(C)(C)Cc1ccc2c(c1)cc1c3c(nccc32)-c2[c-]c3ccccc3c(CC(C)(C)C)c2S1.CCC(CC)C(=O)/C=C(\O)C(C)(CC)CC.Cc1ccc2c(CC(C)(C)C)c3c([c-]c2c1)-c1nccc2c1c(cc1cc(CC(C)(C)C)ccc12)S3.[Ir]. The van der Waals surface area contributed by atoms with E-state index >= 15 is 0 Å². The third kappa shape index (κ3) is 14.2. The van der Waals surface area contributed by atoms with Crippen molar-refractivity contribution in [1.82, 2.24) is 9.97 Å². The summed E-state index contributed by atoms with van der Waals surface area (Å²) in [5.41, 5.74) is 12.1. The molecule has 12 rings (SSSR count). The second-order valence-corrected chi connectivity index (χ2v) is 32.2. The monoisotopic (exact) mass is 1380 g/mol. The van der Waals surface area contributed by atoms with Crippen LogP contribution in [0.2, 0.25) is 0 Å². The van der Waals surface area contributed by atoms with E-state index in [-0.39, 0.29) is 64.6 Å². The second kappa shape index (κ2) is 25.8. The maximum absolute atomic E-state index is 11.9. The van der Waals surface area contributed by atoms with E-state index in [0.717, 1.165) is 68.3 Å². The molecule has 1 radical (unpaired) electrons. The van der Waals surface area contributed by atoms with Gasteiger partial charge in [0, 0.05) is 71.1 Å². The van der Waals surface area contributed by atoms with Crippen molar-refractivity contribution in [3.63, 3.8) is 0 Å². The Labute approximate surface area is 548 Å². The van der Waals surface area contributed by atoms with Crippen LogP contribution in [0, 0.1) is 52.0 Å². The molecule has 461 valence electrons. The van der Waals surface area contributed by atoms with E-state index in [1.807, 2.05) is 70.5 Å². The average molecular weight is 1380 g/mol. The minimum atomic E-state index is -0.248. The number of hydrogen-bond acceptors (Lipinski definition) is 6. The molecule has 2 aliphatic rings. The van der Waals surface area contributed by atoms with E-state index in [0.29, 0.717) is 0 Å². The Morgan fingerprint density at radius 3 is 1.40 bits per heavy atom. The Balaban J connectivity index is 0.000000168. The summed E-state index contributed by atoms with van der Waals surface area (Å²) in [7, 11) is 0. The molecule has 10 aromatic rings. The molecule has 0 aliphatic carbocycles. The molecule has 4 heterocycles. The number of benzene rings is 8. The summed E-state index contributed by atoms with van der Waals surface area (Å²) in [5, 5.41) is 25.4. The largest absolute Gasteiger partial charge is 0.512 e. The topological polar surface area (TPSA) is 63.1 Å². The number of allylic oxidation sites excluding steroid dienone is 2. The van der Waals surface area contributed by atoms with Crippen LogP contribution in [0.25, 0.3) is 87.1 Å².